The third kappa shape index (κ3) is 17.8. The van der Waals surface area contributed by atoms with Crippen LogP contribution in [0.15, 0.2) is 158 Å². The minimum Gasteiger partial charge on any atom is -0.494 e. The standard InChI is InChI=1S/C102H122O4/c1-9-13-17-21-25-29-33-41-53-103-79-61-71(5)57-75(65-79)95-83-45-37-38-46-84(83)96(76-58-72(6)62-80(66-76)104-54-42-34-30-26-22-18-14-10-2)94-70-92-88-50-52-90-100-89(51-49-87(99(88)100)91(92)69-93(94)95)101-97(77-59-73(7)63-81(67-77)105-55-43-35-31-27-23-19-15-11-3)85-47-39-40-48-86(85)98(102(90)101)78-60-74(8)64-82(68-78)106-56-44-36-32-28-24-20-16-12-4/h37-40,45-52,57-70H,9-36,41-44,53-56H2,1-8H3. The minimum absolute atomic E-state index is 0.719. The van der Waals surface area contributed by atoms with Crippen LogP contribution in [-0.2, 0) is 0 Å². The monoisotopic (exact) mass is 1410 g/mol. The Hall–Kier alpha value is -8.34. The molecule has 0 spiro atoms. The van der Waals surface area contributed by atoms with E-state index >= 15 is 0 Å². The second kappa shape index (κ2) is 37.5. The van der Waals surface area contributed by atoms with E-state index in [1.807, 2.05) is 0 Å². The second-order valence-corrected chi connectivity index (χ2v) is 31.8. The summed E-state index contributed by atoms with van der Waals surface area (Å²) in [5.74, 6) is 3.78. The van der Waals surface area contributed by atoms with E-state index in [-0.39, 0.29) is 0 Å². The highest BCUT2D eigenvalue weighted by atomic mass is 16.5. The van der Waals surface area contributed by atoms with Crippen molar-refractivity contribution in [2.75, 3.05) is 26.4 Å². The van der Waals surface area contributed by atoms with Crippen LogP contribution in [0.1, 0.15) is 255 Å². The molecule has 106 heavy (non-hydrogen) atoms. The highest BCUT2D eigenvalue weighted by molar-refractivity contribution is 6.33. The van der Waals surface area contributed by atoms with E-state index < -0.39 is 0 Å². The lowest BCUT2D eigenvalue weighted by Gasteiger charge is -2.22. The van der Waals surface area contributed by atoms with Crippen molar-refractivity contribution >= 4 is 43.1 Å². The van der Waals surface area contributed by atoms with Gasteiger partial charge in [0.05, 0.1) is 26.4 Å². The molecule has 0 bridgehead atoms. The highest BCUT2D eigenvalue weighted by Crippen LogP contribution is 2.63. The number of unbranched alkanes of at least 4 members (excludes halogenated alkanes) is 28. The molecular weight excluding hydrogens is 1290 g/mol. The molecule has 0 aliphatic heterocycles. The van der Waals surface area contributed by atoms with Gasteiger partial charge in [-0.05, 0) is 268 Å². The molecule has 0 unspecified atom stereocenters. The van der Waals surface area contributed by atoms with Crippen LogP contribution in [0.3, 0.4) is 0 Å². The summed E-state index contributed by atoms with van der Waals surface area (Å²) in [6, 6.07) is 61.6. The van der Waals surface area contributed by atoms with Gasteiger partial charge in [-0.1, -0.05) is 305 Å². The number of benzene rings is 11. The smallest absolute Gasteiger partial charge is 0.120 e. The van der Waals surface area contributed by atoms with Crippen LogP contribution in [0, 0.1) is 27.7 Å². The number of rotatable bonds is 44. The van der Waals surface area contributed by atoms with Gasteiger partial charge in [0.15, 0.2) is 0 Å². The van der Waals surface area contributed by atoms with Crippen LogP contribution in [0.5, 0.6) is 23.0 Å². The van der Waals surface area contributed by atoms with Gasteiger partial charge in [-0.25, -0.2) is 0 Å². The molecule has 0 fully saturated rings. The van der Waals surface area contributed by atoms with Gasteiger partial charge in [-0.3, -0.25) is 0 Å². The Kier molecular flexibility index (Phi) is 26.8. The highest BCUT2D eigenvalue weighted by Gasteiger charge is 2.36. The Labute approximate surface area is 637 Å². The maximum Gasteiger partial charge on any atom is 0.120 e. The molecule has 11 aromatic rings. The van der Waals surface area contributed by atoms with Crippen molar-refractivity contribution in [1.82, 2.24) is 0 Å². The van der Waals surface area contributed by atoms with Crippen LogP contribution in [-0.4, -0.2) is 26.4 Å². The largest absolute Gasteiger partial charge is 0.494 e. The molecule has 0 amide bonds. The maximum absolute atomic E-state index is 6.82. The number of hydrogen-bond acceptors (Lipinski definition) is 4. The number of ether oxygens (including phenoxy) is 4. The fourth-order valence-corrected chi connectivity index (χ4v) is 17.8. The molecule has 13 rings (SSSR count). The zero-order valence-electron chi connectivity index (χ0n) is 66.1. The van der Waals surface area contributed by atoms with Crippen molar-refractivity contribution in [1.29, 1.82) is 0 Å². The third-order valence-corrected chi connectivity index (χ3v) is 23.1. The first-order chi connectivity index (χ1) is 52.1. The van der Waals surface area contributed by atoms with Crippen molar-refractivity contribution < 1.29 is 18.9 Å². The van der Waals surface area contributed by atoms with Gasteiger partial charge >= 0.3 is 0 Å². The Balaban J connectivity index is 0.951. The van der Waals surface area contributed by atoms with E-state index in [4.69, 9.17) is 18.9 Å². The predicted octanol–water partition coefficient (Wildman–Crippen LogP) is 31.6. The zero-order valence-corrected chi connectivity index (χ0v) is 66.1. The molecule has 2 aliphatic rings. The van der Waals surface area contributed by atoms with Crippen molar-refractivity contribution in [3.8, 4) is 112 Å². The summed E-state index contributed by atoms with van der Waals surface area (Å²) in [6.45, 7) is 21.1. The van der Waals surface area contributed by atoms with Crippen molar-refractivity contribution in [2.45, 2.75) is 261 Å². The molecule has 0 radical (unpaired) electrons. The quantitative estimate of drug-likeness (QED) is 0.0282. The summed E-state index contributed by atoms with van der Waals surface area (Å²) in [4.78, 5) is 0. The first kappa shape index (κ1) is 75.9. The van der Waals surface area contributed by atoms with E-state index in [0.29, 0.717) is 0 Å². The molecule has 0 heterocycles. The van der Waals surface area contributed by atoms with Gasteiger partial charge in [-0.2, -0.15) is 0 Å². The Morgan fingerprint density at radius 1 is 0.198 bits per heavy atom. The van der Waals surface area contributed by atoms with Gasteiger partial charge in [-0.15, -0.1) is 0 Å². The fraction of sp³-hybridized carbons (Fsp3) is 0.431. The molecule has 4 heteroatoms. The second-order valence-electron chi connectivity index (χ2n) is 31.8. The average Bonchev–Trinajstić information content (AvgIpc) is 1.52. The molecule has 554 valence electrons. The van der Waals surface area contributed by atoms with Gasteiger partial charge < -0.3 is 18.9 Å². The molecule has 0 atom stereocenters. The van der Waals surface area contributed by atoms with Crippen molar-refractivity contribution in [3.05, 3.63) is 180 Å². The SMILES string of the molecule is CCCCCCCCCCOc1cc(C)cc(-c2c3c(c(-c4cc(C)cc(OCCCCCCCCCC)c4)c4ccccc24)-c2ccc4c5c(ccc-3c25)-c2cc3c(-c5cc(C)cc(OCCCCCCCCCC)c5)c5ccccc5c(-c5cc(C)cc(OCCCCCCCCCC)c5)c3cc2-4)c1. The van der Waals surface area contributed by atoms with Crippen LogP contribution < -0.4 is 18.9 Å². The molecular formula is C102H122O4. The first-order valence-corrected chi connectivity index (χ1v) is 42.4. The van der Waals surface area contributed by atoms with Crippen LogP contribution in [0.25, 0.3) is 132 Å². The van der Waals surface area contributed by atoms with Gasteiger partial charge in [0, 0.05) is 0 Å². The van der Waals surface area contributed by atoms with Crippen molar-refractivity contribution in [3.63, 3.8) is 0 Å². The third-order valence-electron chi connectivity index (χ3n) is 23.1. The number of fused-ring (bicyclic) bond motifs is 9. The van der Waals surface area contributed by atoms with E-state index in [0.717, 1.165) is 75.1 Å². The van der Waals surface area contributed by atoms with Gasteiger partial charge in [0.2, 0.25) is 0 Å². The molecule has 0 saturated carbocycles. The van der Waals surface area contributed by atoms with Crippen molar-refractivity contribution in [2.24, 2.45) is 0 Å². The molecule has 2 aliphatic carbocycles. The predicted molar refractivity (Wildman–Crippen MR) is 458 cm³/mol. The number of aryl methyl sites for hydroxylation is 4. The molecule has 11 aromatic carbocycles. The number of hydrogen-bond donors (Lipinski definition) is 0. The normalized spacial score (nSPS) is 12.0. The zero-order chi connectivity index (χ0) is 73.1. The molecule has 4 nitrogen and oxygen atoms in total. The molecule has 0 aromatic heterocycles. The molecule has 0 N–H and O–H groups in total. The first-order valence-electron chi connectivity index (χ1n) is 42.4. The summed E-state index contributed by atoms with van der Waals surface area (Å²) in [7, 11) is 0. The van der Waals surface area contributed by atoms with E-state index in [9.17, 15) is 0 Å². The van der Waals surface area contributed by atoms with Gasteiger partial charge in [0.25, 0.3) is 0 Å². The van der Waals surface area contributed by atoms with E-state index in [2.05, 4.69) is 213 Å². The fourth-order valence-electron chi connectivity index (χ4n) is 17.8. The van der Waals surface area contributed by atoms with Crippen LogP contribution >= 0.6 is 0 Å². The summed E-state index contributed by atoms with van der Waals surface area (Å²) < 4.78 is 27.2. The minimum atomic E-state index is 0.719. The topological polar surface area (TPSA) is 36.9 Å². The van der Waals surface area contributed by atoms with Crippen LogP contribution in [0.2, 0.25) is 0 Å². The molecule has 0 saturated heterocycles. The van der Waals surface area contributed by atoms with E-state index in [1.54, 1.807) is 0 Å². The Bertz CT molecular complexity index is 4500. The lowest BCUT2D eigenvalue weighted by molar-refractivity contribution is 0.304. The van der Waals surface area contributed by atoms with Gasteiger partial charge in [0.1, 0.15) is 23.0 Å². The van der Waals surface area contributed by atoms with E-state index in [1.165, 1.54) is 334 Å². The van der Waals surface area contributed by atoms with Crippen LogP contribution in [0.4, 0.5) is 0 Å². The average molecular weight is 1410 g/mol. The lowest BCUT2D eigenvalue weighted by Crippen LogP contribution is -2.00. The Morgan fingerprint density at radius 3 is 0.717 bits per heavy atom. The maximum atomic E-state index is 6.82. The Morgan fingerprint density at radius 2 is 0.434 bits per heavy atom. The summed E-state index contributed by atoms with van der Waals surface area (Å²) >= 11 is 0. The summed E-state index contributed by atoms with van der Waals surface area (Å²) in [5.41, 5.74) is 24.9. The lowest BCUT2D eigenvalue weighted by atomic mass is 9.82. The summed E-state index contributed by atoms with van der Waals surface area (Å²) in [5, 5.41) is 10.1. The summed E-state index contributed by atoms with van der Waals surface area (Å²) in [6.07, 6.45) is 40.7.